The number of H-pyrrole nitrogens is 3. The number of rotatable bonds is 19. The van der Waals surface area contributed by atoms with E-state index in [0.29, 0.717) is 162 Å². The van der Waals surface area contributed by atoms with Crippen LogP contribution in [-0.4, -0.2) is 179 Å². The summed E-state index contributed by atoms with van der Waals surface area (Å²) in [6.45, 7) is 4.13. The van der Waals surface area contributed by atoms with E-state index in [-0.39, 0.29) is 65.4 Å². The van der Waals surface area contributed by atoms with Crippen molar-refractivity contribution in [3.63, 3.8) is 0 Å². The molecular formula is C89H101Cl4F5N20O6. The van der Waals surface area contributed by atoms with E-state index in [0.717, 1.165) is 76.9 Å². The molecule has 2 saturated carbocycles. The van der Waals surface area contributed by atoms with E-state index in [1.165, 1.54) is 12.6 Å². The van der Waals surface area contributed by atoms with Crippen molar-refractivity contribution >= 4 is 110 Å². The zero-order valence-corrected chi connectivity index (χ0v) is 71.5. The molecular weight excluding hydrogens is 1680 g/mol. The summed E-state index contributed by atoms with van der Waals surface area (Å²) in [6, 6.07) is 50.6. The highest BCUT2D eigenvalue weighted by atomic mass is 35.5. The minimum atomic E-state index is -1.51. The molecule has 26 nitrogen and oxygen atoms in total. The van der Waals surface area contributed by atoms with Gasteiger partial charge in [0.15, 0.2) is 0 Å². The molecule has 35 heteroatoms. The van der Waals surface area contributed by atoms with Gasteiger partial charge in [-0.05, 0) is 86.5 Å². The van der Waals surface area contributed by atoms with E-state index < -0.39 is 46.6 Å². The minimum Gasteiger partial charge on any atom is -0.445 e. The first kappa shape index (κ1) is 92.3. The molecule has 0 radical (unpaired) electrons. The lowest BCUT2D eigenvalue weighted by Gasteiger charge is -2.36. The van der Waals surface area contributed by atoms with Crippen LogP contribution in [0.2, 0.25) is 20.2 Å². The van der Waals surface area contributed by atoms with E-state index in [1.54, 1.807) is 18.5 Å². The Bertz CT molecular complexity index is 5310. The Hall–Kier alpha value is -10.9. The smallest absolute Gasteiger partial charge is 0.407 e. The average molecular weight is 1780 g/mol. The normalized spacial score (nSPS) is 16.6. The van der Waals surface area contributed by atoms with Gasteiger partial charge < -0.3 is 56.7 Å². The fourth-order valence-corrected chi connectivity index (χ4v) is 15.5. The standard InChI is InChI=1S/C25H24ClFN6O2.C17H18ClFN6.C15H20FNO2.C14H19FN2O2.C11H6Cl2N4.C7H14FN/c26-19-9-5-4-8-18(19)21-22-23(32-31-21)30-20(14-28-22)33-12-10-25(27,11-13-33)16-29-24(34)35-15-17-6-2-1-3-7-17;18-12-4-2-1-3-11(12)14-15-16(24-23-14)22-13(9-21-15)25-7-5-17(19,10-20)6-8-25;16-15(9-5-2-6-10-15)12-17-14(18)19-11-13-7-3-1-4-8-13;15-14(6-8-16-9-7-14)11-17-13(18)19-10-12-4-2-1-3-5-12;12-7-4-2-1-3-6(7)9-10-11(17-16-9)15-8(13)5-14-10;8-7(6-9)4-2-1-3-5-7/h1-9,14H,10-13,15-16H2,(H,29,34)(H,30,31,32);1-4,9H,5-8,10,20H2,(H,22,23,24);1,3-4,7-8H,2,5-6,9-12H2,(H,17,18);1-5,16H,6-11H2,(H,17,18);1-5H,(H,15,16,17);1-6,9H2. The van der Waals surface area contributed by atoms with Gasteiger partial charge in [0, 0.05) is 81.6 Å². The Labute approximate surface area is 735 Å². The number of ether oxygens (including phenoxy) is 3. The number of hydrogen-bond acceptors (Lipinski definition) is 20. The van der Waals surface area contributed by atoms with Gasteiger partial charge in [0.2, 0.25) is 16.9 Å². The van der Waals surface area contributed by atoms with Gasteiger partial charge in [-0.1, -0.05) is 231 Å². The molecule has 5 aliphatic rings. The van der Waals surface area contributed by atoms with Gasteiger partial charge in [0.1, 0.15) is 81.5 Å². The summed E-state index contributed by atoms with van der Waals surface area (Å²) in [5.74, 6) is 1.33. The second-order valence-corrected chi connectivity index (χ2v) is 32.8. The highest BCUT2D eigenvalue weighted by Gasteiger charge is 2.38. The number of nitrogens with one attached hydrogen (secondary N) is 7. The van der Waals surface area contributed by atoms with Crippen LogP contribution >= 0.6 is 46.4 Å². The van der Waals surface area contributed by atoms with Crippen molar-refractivity contribution in [2.75, 3.05) is 81.8 Å². The Balaban J connectivity index is 0.000000141. The summed E-state index contributed by atoms with van der Waals surface area (Å²) in [7, 11) is 0. The number of carbonyl (C=O) groups is 3. The lowest BCUT2D eigenvalue weighted by molar-refractivity contribution is 0.0928. The van der Waals surface area contributed by atoms with Gasteiger partial charge in [-0.2, -0.15) is 15.3 Å². The maximum atomic E-state index is 15.3. The summed E-state index contributed by atoms with van der Waals surface area (Å²) in [4.78, 5) is 65.5. The number of alkyl halides is 5. The van der Waals surface area contributed by atoms with Crippen LogP contribution in [0.4, 0.5) is 48.0 Å². The summed E-state index contributed by atoms with van der Waals surface area (Å²) in [5, 5.41) is 34.3. The molecule has 3 aliphatic heterocycles. The third-order valence-electron chi connectivity index (χ3n) is 22.2. The van der Waals surface area contributed by atoms with E-state index in [4.69, 9.17) is 72.1 Å². The van der Waals surface area contributed by atoms with E-state index in [1.807, 2.05) is 168 Å². The van der Waals surface area contributed by atoms with Gasteiger partial charge in [0.25, 0.3) is 0 Å². The summed E-state index contributed by atoms with van der Waals surface area (Å²) >= 11 is 24.4. The number of carbonyl (C=O) groups excluding carboxylic acids is 3. The molecule has 124 heavy (non-hydrogen) atoms. The molecule has 12 aromatic rings. The first-order valence-corrected chi connectivity index (χ1v) is 42.9. The molecule has 656 valence electrons. The Morgan fingerprint density at radius 3 is 1.02 bits per heavy atom. The predicted octanol–water partition coefficient (Wildman–Crippen LogP) is 18.4. The number of anilines is 2. The topological polar surface area (TPSA) is 349 Å². The van der Waals surface area contributed by atoms with Crippen molar-refractivity contribution in [1.29, 1.82) is 0 Å². The van der Waals surface area contributed by atoms with Crippen LogP contribution in [0.15, 0.2) is 182 Å². The number of alkyl carbamates (subject to hydrolysis) is 3. The second kappa shape index (κ2) is 44.6. The third kappa shape index (κ3) is 26.6. The fourth-order valence-electron chi connectivity index (χ4n) is 14.7. The molecule has 0 spiro atoms. The van der Waals surface area contributed by atoms with Crippen molar-refractivity contribution in [3.8, 4) is 33.8 Å². The maximum absolute atomic E-state index is 15.3. The highest BCUT2D eigenvalue weighted by Crippen LogP contribution is 2.38. The molecule has 2 aliphatic carbocycles. The number of nitrogens with zero attached hydrogens (tertiary/aromatic N) is 11. The largest absolute Gasteiger partial charge is 0.445 e. The molecule has 9 heterocycles. The first-order chi connectivity index (χ1) is 60.0. The van der Waals surface area contributed by atoms with E-state index in [9.17, 15) is 31.9 Å². The first-order valence-electron chi connectivity index (χ1n) is 41.4. The number of piperidine rings is 3. The number of aromatic nitrogens is 12. The quantitative estimate of drug-likeness (QED) is 0.0268. The molecule has 3 saturated heterocycles. The number of amides is 3. The zero-order chi connectivity index (χ0) is 87.4. The maximum Gasteiger partial charge on any atom is 0.407 e. The zero-order valence-electron chi connectivity index (χ0n) is 68.5. The van der Waals surface area contributed by atoms with Crippen LogP contribution < -0.4 is 42.5 Å². The van der Waals surface area contributed by atoms with Gasteiger partial charge in [-0.15, -0.1) is 0 Å². The summed E-state index contributed by atoms with van der Waals surface area (Å²) < 4.78 is 86.4. The van der Waals surface area contributed by atoms with Gasteiger partial charge in [0.05, 0.1) is 70.4 Å². The van der Waals surface area contributed by atoms with Crippen molar-refractivity contribution in [3.05, 3.63) is 219 Å². The summed E-state index contributed by atoms with van der Waals surface area (Å²) in [6.07, 6.45) is 13.8. The van der Waals surface area contributed by atoms with Crippen molar-refractivity contribution < 1.29 is 50.5 Å². The molecule has 6 aromatic carbocycles. The molecule has 11 N–H and O–H groups in total. The molecule has 0 atom stereocenters. The minimum absolute atomic E-state index is 0.0162. The Morgan fingerprint density at radius 2 is 0.677 bits per heavy atom. The second-order valence-electron chi connectivity index (χ2n) is 31.2. The van der Waals surface area contributed by atoms with Gasteiger partial charge in [-0.3, -0.25) is 15.3 Å². The number of fused-ring (bicyclic) bond motifs is 3. The number of aromatic amines is 3. The van der Waals surface area contributed by atoms with Crippen molar-refractivity contribution in [2.45, 2.75) is 151 Å². The molecule has 5 fully saturated rings. The van der Waals surface area contributed by atoms with Crippen molar-refractivity contribution in [2.24, 2.45) is 11.5 Å². The molecule has 0 bridgehead atoms. The van der Waals surface area contributed by atoms with Gasteiger partial charge in [-0.25, -0.2) is 66.2 Å². The number of benzene rings is 6. The van der Waals surface area contributed by atoms with Crippen LogP contribution in [-0.2, 0) is 34.0 Å². The number of hydrogen-bond donors (Lipinski definition) is 9. The monoisotopic (exact) mass is 1780 g/mol. The van der Waals surface area contributed by atoms with Crippen LogP contribution in [0.3, 0.4) is 0 Å². The fraction of sp³-hybridized carbons (Fsp3) is 0.393. The predicted molar refractivity (Wildman–Crippen MR) is 474 cm³/mol. The molecule has 6 aromatic heterocycles. The van der Waals surface area contributed by atoms with Crippen LogP contribution in [0.1, 0.15) is 119 Å². The van der Waals surface area contributed by atoms with Crippen LogP contribution in [0, 0.1) is 0 Å². The molecule has 0 unspecified atom stereocenters. The van der Waals surface area contributed by atoms with Crippen molar-refractivity contribution in [1.82, 2.24) is 81.8 Å². The SMILES string of the molecule is Clc1cnc2c(-c3ccccc3Cl)[nH]nc2n1.NCC1(F)CCCCC1.NCC1(F)CCN(c2cnc3c(-c4ccccc4Cl)[nH]nc3n2)CC1.O=C(NCC1(F)CCCCC1)OCc1ccccc1.O=C(NCC1(F)CCN(c2cnc3c(-c4ccccc4Cl)[nH]nc3n2)CC1)OCc1ccccc1.O=C(NCC1(F)CCNCC1)OCc1ccccc1. The lowest BCUT2D eigenvalue weighted by Crippen LogP contribution is -2.48. The highest BCUT2D eigenvalue weighted by molar-refractivity contribution is 6.34. The van der Waals surface area contributed by atoms with E-state index >= 15 is 4.39 Å². The van der Waals surface area contributed by atoms with Crippen LogP contribution in [0.5, 0.6) is 0 Å². The Morgan fingerprint density at radius 1 is 0.379 bits per heavy atom. The Kier molecular flexibility index (Phi) is 33.2. The molecule has 17 rings (SSSR count). The van der Waals surface area contributed by atoms with Crippen LogP contribution in [0.25, 0.3) is 67.3 Å². The molecule has 3 amide bonds. The van der Waals surface area contributed by atoms with Gasteiger partial charge >= 0.3 is 18.3 Å². The third-order valence-corrected chi connectivity index (χ3v) is 23.3. The summed E-state index contributed by atoms with van der Waals surface area (Å²) in [5.41, 5.74) is 15.2. The lowest BCUT2D eigenvalue weighted by atomic mass is 9.86. The van der Waals surface area contributed by atoms with E-state index in [2.05, 4.69) is 81.8 Å². The average Bonchev–Trinajstić information content (AvgIpc) is 1.50. The number of nitrogens with two attached hydrogens (primary N) is 2. The number of halogens is 9.